The molecule has 0 saturated heterocycles. The highest BCUT2D eigenvalue weighted by Gasteiger charge is 2.28. The Labute approximate surface area is 118 Å². The number of carbonyl (C=O) groups excluding carboxylic acids is 1. The van der Waals surface area contributed by atoms with Gasteiger partial charge < -0.3 is 4.74 Å². The first-order valence-corrected chi connectivity index (χ1v) is 7.09. The molecule has 1 aliphatic heterocycles. The average Bonchev–Trinajstić information content (AvgIpc) is 3.00. The molecular formula is C13H21N5O2. The summed E-state index contributed by atoms with van der Waals surface area (Å²) in [6.07, 6.45) is 4.56. The number of hydrogen-bond acceptors (Lipinski definition) is 6. The predicted molar refractivity (Wildman–Crippen MR) is 73.7 cm³/mol. The van der Waals surface area contributed by atoms with Crippen LogP contribution in [0.25, 0.3) is 5.57 Å². The average molecular weight is 279 g/mol. The van der Waals surface area contributed by atoms with E-state index >= 15 is 0 Å². The monoisotopic (exact) mass is 279 g/mol. The second kappa shape index (κ2) is 7.14. The third kappa shape index (κ3) is 3.41. The molecule has 1 atom stereocenters. The molecule has 2 heterocycles. The summed E-state index contributed by atoms with van der Waals surface area (Å²) in [6, 6.07) is -0.197. The van der Waals surface area contributed by atoms with E-state index in [0.29, 0.717) is 19.0 Å². The van der Waals surface area contributed by atoms with E-state index in [-0.39, 0.29) is 12.0 Å². The van der Waals surface area contributed by atoms with Gasteiger partial charge in [0.05, 0.1) is 6.61 Å². The molecule has 2 rings (SSSR count). The van der Waals surface area contributed by atoms with Crippen LogP contribution < -0.4 is 0 Å². The topological polar surface area (TPSA) is 84.0 Å². The van der Waals surface area contributed by atoms with E-state index in [2.05, 4.69) is 31.6 Å². The minimum Gasteiger partial charge on any atom is -0.465 e. The molecule has 0 fully saturated rings. The molecule has 1 unspecified atom stereocenters. The van der Waals surface area contributed by atoms with Gasteiger partial charge in [0.1, 0.15) is 6.04 Å². The van der Waals surface area contributed by atoms with Crippen LogP contribution in [0.3, 0.4) is 0 Å². The van der Waals surface area contributed by atoms with Crippen molar-refractivity contribution in [2.24, 2.45) is 0 Å². The van der Waals surface area contributed by atoms with Crippen molar-refractivity contribution in [1.29, 1.82) is 0 Å². The minimum absolute atomic E-state index is 0.135. The fourth-order valence-electron chi connectivity index (χ4n) is 2.37. The molecule has 7 nitrogen and oxygen atoms in total. The Morgan fingerprint density at radius 2 is 2.40 bits per heavy atom. The van der Waals surface area contributed by atoms with Gasteiger partial charge in [-0.2, -0.15) is 5.21 Å². The van der Waals surface area contributed by atoms with Crippen LogP contribution in [-0.4, -0.2) is 57.2 Å². The normalized spacial score (nSPS) is 17.6. The van der Waals surface area contributed by atoms with Crippen molar-refractivity contribution in [3.63, 3.8) is 0 Å². The zero-order valence-corrected chi connectivity index (χ0v) is 12.0. The number of hydrogen-bond donors (Lipinski definition) is 1. The summed E-state index contributed by atoms with van der Waals surface area (Å²) in [7, 11) is 0. The molecule has 0 radical (unpaired) electrons. The lowest BCUT2D eigenvalue weighted by molar-refractivity contribution is -0.150. The Balaban J connectivity index is 2.01. The zero-order chi connectivity index (χ0) is 14.4. The number of aromatic nitrogens is 4. The van der Waals surface area contributed by atoms with E-state index in [9.17, 15) is 4.79 Å². The Morgan fingerprint density at radius 3 is 3.05 bits per heavy atom. The first-order chi connectivity index (χ1) is 9.76. The van der Waals surface area contributed by atoms with Crippen LogP contribution in [0.5, 0.6) is 0 Å². The van der Waals surface area contributed by atoms with Crippen LogP contribution >= 0.6 is 0 Å². The van der Waals surface area contributed by atoms with Gasteiger partial charge in [0.15, 0.2) is 0 Å². The van der Waals surface area contributed by atoms with Gasteiger partial charge in [-0.05, 0) is 24.5 Å². The van der Waals surface area contributed by atoms with Crippen molar-refractivity contribution in [2.75, 3.05) is 19.7 Å². The number of ether oxygens (including phenoxy) is 1. The summed E-state index contributed by atoms with van der Waals surface area (Å²) >= 11 is 0. The maximum absolute atomic E-state index is 12.1. The summed E-state index contributed by atoms with van der Waals surface area (Å²) in [5, 5.41) is 14.0. The van der Waals surface area contributed by atoms with Gasteiger partial charge in [-0.3, -0.25) is 9.69 Å². The lowest BCUT2D eigenvalue weighted by Crippen LogP contribution is -2.44. The van der Waals surface area contributed by atoms with Gasteiger partial charge in [-0.15, -0.1) is 10.2 Å². The highest BCUT2D eigenvalue weighted by Crippen LogP contribution is 2.20. The summed E-state index contributed by atoms with van der Waals surface area (Å²) < 4.78 is 5.27. The number of rotatable bonds is 6. The van der Waals surface area contributed by atoms with Gasteiger partial charge in [-0.1, -0.05) is 19.9 Å². The fourth-order valence-corrected chi connectivity index (χ4v) is 2.37. The van der Waals surface area contributed by atoms with Gasteiger partial charge in [-0.25, -0.2) is 0 Å². The molecule has 1 aliphatic rings. The van der Waals surface area contributed by atoms with E-state index < -0.39 is 0 Å². The number of H-pyrrole nitrogens is 1. The Morgan fingerprint density at radius 1 is 1.55 bits per heavy atom. The van der Waals surface area contributed by atoms with Crippen LogP contribution in [0.2, 0.25) is 0 Å². The number of nitrogens with one attached hydrogen (secondary N) is 1. The molecular weight excluding hydrogens is 258 g/mol. The van der Waals surface area contributed by atoms with E-state index in [1.54, 1.807) is 0 Å². The molecule has 1 aromatic rings. The fraction of sp³-hybridized carbons (Fsp3) is 0.692. The number of tetrazole rings is 1. The maximum Gasteiger partial charge on any atom is 0.323 e. The molecule has 0 aliphatic carbocycles. The SMILES string of the molecule is CCCOC(=O)C(CC)N1CCC=C(c2nn[nH]n2)C1. The largest absolute Gasteiger partial charge is 0.465 e. The predicted octanol–water partition coefficient (Wildman–Crippen LogP) is 1.02. The zero-order valence-electron chi connectivity index (χ0n) is 12.0. The van der Waals surface area contributed by atoms with Crippen LogP contribution in [0.4, 0.5) is 0 Å². The smallest absolute Gasteiger partial charge is 0.323 e. The van der Waals surface area contributed by atoms with Crippen molar-refractivity contribution in [2.45, 2.75) is 39.2 Å². The number of nitrogens with zero attached hydrogens (tertiary/aromatic N) is 4. The lowest BCUT2D eigenvalue weighted by atomic mass is 10.1. The van der Waals surface area contributed by atoms with Crippen LogP contribution in [0.15, 0.2) is 6.08 Å². The molecule has 110 valence electrons. The van der Waals surface area contributed by atoms with Crippen molar-refractivity contribution in [3.8, 4) is 0 Å². The summed E-state index contributed by atoms with van der Waals surface area (Å²) in [4.78, 5) is 14.2. The minimum atomic E-state index is -0.197. The highest BCUT2D eigenvalue weighted by molar-refractivity contribution is 5.76. The lowest BCUT2D eigenvalue weighted by Gasteiger charge is -2.32. The summed E-state index contributed by atoms with van der Waals surface area (Å²) in [6.45, 7) is 5.98. The van der Waals surface area contributed by atoms with Gasteiger partial charge in [0, 0.05) is 18.7 Å². The van der Waals surface area contributed by atoms with E-state index in [1.807, 2.05) is 13.8 Å². The first-order valence-electron chi connectivity index (χ1n) is 7.09. The van der Waals surface area contributed by atoms with Crippen LogP contribution in [0, 0.1) is 0 Å². The molecule has 0 bridgehead atoms. The highest BCUT2D eigenvalue weighted by atomic mass is 16.5. The number of aromatic amines is 1. The molecule has 0 saturated carbocycles. The second-order valence-corrected chi connectivity index (χ2v) is 4.82. The third-order valence-corrected chi connectivity index (χ3v) is 3.36. The standard InChI is InChI=1S/C13H21N5O2/c1-3-8-20-13(19)11(4-2)18-7-5-6-10(9-18)12-14-16-17-15-12/h6,11H,3-5,7-9H2,1-2H3,(H,14,15,16,17). The summed E-state index contributed by atoms with van der Waals surface area (Å²) in [5.74, 6) is 0.468. The number of esters is 1. The molecule has 0 amide bonds. The van der Waals surface area contributed by atoms with Gasteiger partial charge in [0.25, 0.3) is 0 Å². The first kappa shape index (κ1) is 14.6. The molecule has 0 aromatic carbocycles. The van der Waals surface area contributed by atoms with E-state index in [0.717, 1.165) is 31.4 Å². The van der Waals surface area contributed by atoms with Crippen molar-refractivity contribution in [3.05, 3.63) is 11.9 Å². The Kier molecular flexibility index (Phi) is 5.23. The van der Waals surface area contributed by atoms with Crippen molar-refractivity contribution < 1.29 is 9.53 Å². The molecule has 0 spiro atoms. The van der Waals surface area contributed by atoms with Crippen LogP contribution in [-0.2, 0) is 9.53 Å². The van der Waals surface area contributed by atoms with Crippen LogP contribution in [0.1, 0.15) is 38.9 Å². The van der Waals surface area contributed by atoms with Crippen molar-refractivity contribution in [1.82, 2.24) is 25.5 Å². The van der Waals surface area contributed by atoms with Gasteiger partial charge in [0.2, 0.25) is 5.82 Å². The molecule has 7 heteroatoms. The second-order valence-electron chi connectivity index (χ2n) is 4.82. The Bertz CT molecular complexity index is 457. The van der Waals surface area contributed by atoms with Crippen molar-refractivity contribution >= 4 is 11.5 Å². The quantitative estimate of drug-likeness (QED) is 0.783. The molecule has 1 N–H and O–H groups in total. The maximum atomic E-state index is 12.1. The molecule has 20 heavy (non-hydrogen) atoms. The van der Waals surface area contributed by atoms with E-state index in [4.69, 9.17) is 4.74 Å². The van der Waals surface area contributed by atoms with Gasteiger partial charge >= 0.3 is 5.97 Å². The third-order valence-electron chi connectivity index (χ3n) is 3.36. The van der Waals surface area contributed by atoms with E-state index in [1.165, 1.54) is 0 Å². The molecule has 1 aromatic heterocycles. The number of carbonyl (C=O) groups is 1. The summed E-state index contributed by atoms with van der Waals surface area (Å²) in [5.41, 5.74) is 1.01. The Hall–Kier alpha value is -1.76.